The molecule has 1 fully saturated rings. The van der Waals surface area contributed by atoms with Crippen LogP contribution in [0.4, 0.5) is 0 Å². The Hall–Kier alpha value is -3.61. The Morgan fingerprint density at radius 1 is 1.07 bits per heavy atom. The van der Waals surface area contributed by atoms with Crippen LogP contribution in [0.5, 0.6) is 11.5 Å². The van der Waals surface area contributed by atoms with Gasteiger partial charge >= 0.3 is 0 Å². The number of aromatic nitrogens is 4. The summed E-state index contributed by atoms with van der Waals surface area (Å²) in [5.74, 6) is 0.892. The SMILES string of the molecule is CCS(=O)(=O)c1ccc(Oc2cc3cc(-c4ccccn4)n(COCC[Si](C)(C)C)c3nc2CN2CCCC2=O)cn1. The Labute approximate surface area is 247 Å². The molecule has 5 rings (SSSR count). The minimum atomic E-state index is -3.43. The van der Waals surface area contributed by atoms with Gasteiger partial charge in [0.1, 0.15) is 23.8 Å². The minimum absolute atomic E-state index is 0.0000189. The van der Waals surface area contributed by atoms with Gasteiger partial charge in [-0.05, 0) is 48.9 Å². The lowest BCUT2D eigenvalue weighted by molar-refractivity contribution is -0.128. The molecule has 0 atom stereocenters. The molecule has 0 spiro atoms. The third kappa shape index (κ3) is 6.88. The third-order valence-corrected chi connectivity index (χ3v) is 10.5. The number of pyridine rings is 3. The molecule has 4 aromatic heterocycles. The van der Waals surface area contributed by atoms with Gasteiger partial charge in [0.15, 0.2) is 20.6 Å². The van der Waals surface area contributed by atoms with Gasteiger partial charge in [-0.3, -0.25) is 14.3 Å². The second kappa shape index (κ2) is 12.3. The van der Waals surface area contributed by atoms with Crippen LogP contribution >= 0.6 is 0 Å². The molecule has 1 aliphatic rings. The molecular weight excluding hydrogens is 571 g/mol. The smallest absolute Gasteiger partial charge is 0.222 e. The monoisotopic (exact) mass is 607 g/mol. The summed E-state index contributed by atoms with van der Waals surface area (Å²) in [6.07, 6.45) is 4.47. The largest absolute Gasteiger partial charge is 0.454 e. The molecule has 1 amide bonds. The number of carbonyl (C=O) groups is 1. The van der Waals surface area contributed by atoms with E-state index in [1.54, 1.807) is 24.1 Å². The summed E-state index contributed by atoms with van der Waals surface area (Å²) in [6.45, 7) is 10.5. The van der Waals surface area contributed by atoms with Crippen LogP contribution in [-0.2, 0) is 32.6 Å². The molecule has 222 valence electrons. The van der Waals surface area contributed by atoms with Crippen molar-refractivity contribution >= 4 is 34.9 Å². The van der Waals surface area contributed by atoms with E-state index in [1.165, 1.54) is 12.3 Å². The maximum absolute atomic E-state index is 12.5. The first-order valence-corrected chi connectivity index (χ1v) is 19.6. The van der Waals surface area contributed by atoms with E-state index in [4.69, 9.17) is 14.5 Å². The number of likely N-dealkylation sites (tertiary alicyclic amines) is 1. The highest BCUT2D eigenvalue weighted by molar-refractivity contribution is 7.91. The van der Waals surface area contributed by atoms with E-state index in [2.05, 4.69) is 29.6 Å². The molecule has 0 aliphatic carbocycles. The van der Waals surface area contributed by atoms with Crippen LogP contribution in [0.3, 0.4) is 0 Å². The van der Waals surface area contributed by atoms with Crippen molar-refractivity contribution in [3.05, 3.63) is 60.6 Å². The summed E-state index contributed by atoms with van der Waals surface area (Å²) in [7, 11) is -4.70. The lowest BCUT2D eigenvalue weighted by Crippen LogP contribution is -2.24. The first kappa shape index (κ1) is 29.9. The van der Waals surface area contributed by atoms with E-state index in [0.717, 1.165) is 29.2 Å². The van der Waals surface area contributed by atoms with Crippen molar-refractivity contribution in [1.82, 2.24) is 24.4 Å². The van der Waals surface area contributed by atoms with E-state index in [1.807, 2.05) is 34.9 Å². The van der Waals surface area contributed by atoms with Gasteiger partial charge in [-0.1, -0.05) is 32.6 Å². The van der Waals surface area contributed by atoms with Gasteiger partial charge in [-0.15, -0.1) is 0 Å². The average Bonchev–Trinajstić information content (AvgIpc) is 3.53. The quantitative estimate of drug-likeness (QED) is 0.153. The molecule has 0 saturated carbocycles. The molecule has 42 heavy (non-hydrogen) atoms. The van der Waals surface area contributed by atoms with Gasteiger partial charge in [-0.2, -0.15) is 0 Å². The summed E-state index contributed by atoms with van der Waals surface area (Å²) in [4.78, 5) is 28.1. The number of ether oxygens (including phenoxy) is 2. The molecule has 0 N–H and O–H groups in total. The van der Waals surface area contributed by atoms with Crippen LogP contribution in [0.25, 0.3) is 22.4 Å². The van der Waals surface area contributed by atoms with Gasteiger partial charge in [0.25, 0.3) is 0 Å². The van der Waals surface area contributed by atoms with E-state index in [-0.39, 0.29) is 16.7 Å². The van der Waals surface area contributed by atoms with Crippen LogP contribution in [0.1, 0.15) is 25.5 Å². The fourth-order valence-corrected chi connectivity index (χ4v) is 6.27. The summed E-state index contributed by atoms with van der Waals surface area (Å²) < 4.78 is 38.9. The van der Waals surface area contributed by atoms with Gasteiger partial charge in [0.2, 0.25) is 5.91 Å². The summed E-state index contributed by atoms with van der Waals surface area (Å²) >= 11 is 0. The summed E-state index contributed by atoms with van der Waals surface area (Å²) in [5.41, 5.74) is 2.96. The zero-order valence-electron chi connectivity index (χ0n) is 24.5. The number of carbonyl (C=O) groups excluding carboxylic acids is 1. The number of amides is 1. The van der Waals surface area contributed by atoms with E-state index in [9.17, 15) is 13.2 Å². The lowest BCUT2D eigenvalue weighted by atomic mass is 10.2. The topological polar surface area (TPSA) is 117 Å². The Morgan fingerprint density at radius 2 is 1.90 bits per heavy atom. The van der Waals surface area contributed by atoms with Gasteiger partial charge in [0, 0.05) is 39.2 Å². The van der Waals surface area contributed by atoms with Crippen LogP contribution in [-0.4, -0.2) is 65.7 Å². The fourth-order valence-electron chi connectivity index (χ4n) is 4.73. The van der Waals surface area contributed by atoms with Crippen molar-refractivity contribution in [2.24, 2.45) is 0 Å². The number of sulfone groups is 1. The Kier molecular flexibility index (Phi) is 8.76. The van der Waals surface area contributed by atoms with Crippen LogP contribution in [0, 0.1) is 0 Å². The van der Waals surface area contributed by atoms with Gasteiger partial charge in [0.05, 0.1) is 29.9 Å². The molecule has 10 nitrogen and oxygen atoms in total. The highest BCUT2D eigenvalue weighted by atomic mass is 32.2. The van der Waals surface area contributed by atoms with Crippen molar-refractivity contribution in [1.29, 1.82) is 0 Å². The van der Waals surface area contributed by atoms with Crippen molar-refractivity contribution < 1.29 is 22.7 Å². The molecule has 1 aliphatic heterocycles. The van der Waals surface area contributed by atoms with E-state index < -0.39 is 17.9 Å². The Balaban J connectivity index is 1.55. The molecule has 0 bridgehead atoms. The first-order valence-electron chi connectivity index (χ1n) is 14.2. The number of hydrogen-bond donors (Lipinski definition) is 0. The van der Waals surface area contributed by atoms with Crippen LogP contribution in [0.15, 0.2) is 59.9 Å². The van der Waals surface area contributed by atoms with Crippen LogP contribution in [0.2, 0.25) is 25.7 Å². The van der Waals surface area contributed by atoms with Crippen molar-refractivity contribution in [3.63, 3.8) is 0 Å². The standard InChI is InChI=1S/C30H37N5O5SSi/c1-5-41(37,38)28-12-11-23(19-32-28)40-27-18-22-17-26(24-9-6-7-13-31-24)35(21-39-15-16-42(2,3)4)30(22)33-25(27)20-34-14-8-10-29(34)36/h6-7,9,11-13,17-19H,5,8,10,14-16,20-21H2,1-4H3. The highest BCUT2D eigenvalue weighted by Crippen LogP contribution is 2.34. The molecular formula is C30H37N5O5SSi. The van der Waals surface area contributed by atoms with Crippen molar-refractivity contribution in [2.45, 2.75) is 63.8 Å². The van der Waals surface area contributed by atoms with Gasteiger partial charge < -0.3 is 14.4 Å². The first-order chi connectivity index (χ1) is 20.0. The Morgan fingerprint density at radius 3 is 2.55 bits per heavy atom. The molecule has 4 aromatic rings. The van der Waals surface area contributed by atoms with Crippen LogP contribution < -0.4 is 4.74 Å². The summed E-state index contributed by atoms with van der Waals surface area (Å²) in [5, 5.41) is 0.828. The number of nitrogens with zero attached hydrogens (tertiary/aromatic N) is 5. The molecule has 0 aromatic carbocycles. The average molecular weight is 608 g/mol. The zero-order chi connectivity index (χ0) is 29.9. The Bertz CT molecular complexity index is 1670. The number of hydrogen-bond acceptors (Lipinski definition) is 8. The second-order valence-electron chi connectivity index (χ2n) is 11.6. The predicted molar refractivity (Wildman–Crippen MR) is 164 cm³/mol. The second-order valence-corrected chi connectivity index (χ2v) is 19.5. The maximum Gasteiger partial charge on any atom is 0.222 e. The minimum Gasteiger partial charge on any atom is -0.454 e. The molecule has 0 unspecified atom stereocenters. The van der Waals surface area contributed by atoms with Gasteiger partial charge in [-0.25, -0.2) is 18.4 Å². The number of rotatable bonds is 12. The molecule has 0 radical (unpaired) electrons. The maximum atomic E-state index is 12.5. The van der Waals surface area contributed by atoms with Crippen molar-refractivity contribution in [3.8, 4) is 22.9 Å². The zero-order valence-corrected chi connectivity index (χ0v) is 26.4. The molecule has 12 heteroatoms. The third-order valence-electron chi connectivity index (χ3n) is 7.20. The van der Waals surface area contributed by atoms with E-state index in [0.29, 0.717) is 55.7 Å². The fraction of sp³-hybridized carbons (Fsp3) is 0.400. The number of fused-ring (bicyclic) bond motifs is 1. The molecule has 5 heterocycles. The summed E-state index contributed by atoms with van der Waals surface area (Å²) in [6, 6.07) is 13.8. The predicted octanol–water partition coefficient (Wildman–Crippen LogP) is 5.51. The lowest BCUT2D eigenvalue weighted by Gasteiger charge is -2.19. The molecule has 1 saturated heterocycles. The van der Waals surface area contributed by atoms with E-state index >= 15 is 0 Å². The highest BCUT2D eigenvalue weighted by Gasteiger charge is 2.25. The normalized spacial score (nSPS) is 14.2. The van der Waals surface area contributed by atoms with Crippen molar-refractivity contribution in [2.75, 3.05) is 18.9 Å².